The predicted octanol–water partition coefficient (Wildman–Crippen LogP) is 2.27. The van der Waals surface area contributed by atoms with Crippen LogP contribution in [0.2, 0.25) is 0 Å². The average molecular weight is 270 g/mol. The van der Waals surface area contributed by atoms with Crippen LogP contribution in [-0.2, 0) is 4.79 Å². The number of amides is 2. The van der Waals surface area contributed by atoms with Crippen LogP contribution in [0.4, 0.5) is 4.79 Å². The summed E-state index contributed by atoms with van der Waals surface area (Å²) in [6.07, 6.45) is 2.87. The summed E-state index contributed by atoms with van der Waals surface area (Å²) in [4.78, 5) is 26.4. The van der Waals surface area contributed by atoms with Crippen LogP contribution in [-0.4, -0.2) is 53.6 Å². The fraction of sp³-hybridized carbons (Fsp3) is 0.857. The van der Waals surface area contributed by atoms with Crippen molar-refractivity contribution in [3.63, 3.8) is 0 Å². The largest absolute Gasteiger partial charge is 0.481 e. The van der Waals surface area contributed by atoms with Gasteiger partial charge in [0, 0.05) is 33.1 Å². The summed E-state index contributed by atoms with van der Waals surface area (Å²) < 4.78 is 0. The van der Waals surface area contributed by atoms with Crippen molar-refractivity contribution in [1.29, 1.82) is 0 Å². The summed E-state index contributed by atoms with van der Waals surface area (Å²) in [5.41, 5.74) is 0. The van der Waals surface area contributed by atoms with Crippen LogP contribution in [0, 0.1) is 11.8 Å². The summed E-state index contributed by atoms with van der Waals surface area (Å²) in [6.45, 7) is 6.51. The summed E-state index contributed by atoms with van der Waals surface area (Å²) in [5.74, 6) is 0.107. The molecule has 2 atom stereocenters. The molecule has 5 heteroatoms. The first kappa shape index (κ1) is 15.8. The lowest BCUT2D eigenvalue weighted by Gasteiger charge is -2.26. The number of carboxylic acid groups (broad SMARTS) is 1. The molecule has 0 spiro atoms. The Morgan fingerprint density at radius 2 is 2.16 bits per heavy atom. The van der Waals surface area contributed by atoms with Crippen LogP contribution in [0.5, 0.6) is 0 Å². The molecule has 0 aromatic heterocycles. The zero-order valence-corrected chi connectivity index (χ0v) is 12.3. The maximum atomic E-state index is 12.2. The van der Waals surface area contributed by atoms with Crippen LogP contribution in [0.25, 0.3) is 0 Å². The van der Waals surface area contributed by atoms with E-state index in [1.807, 2.05) is 11.9 Å². The first-order chi connectivity index (χ1) is 8.93. The maximum absolute atomic E-state index is 12.2. The minimum atomic E-state index is -0.751. The molecular formula is C14H26N2O3. The topological polar surface area (TPSA) is 60.9 Å². The minimum Gasteiger partial charge on any atom is -0.481 e. The molecule has 0 aliphatic carbocycles. The molecule has 1 aliphatic heterocycles. The molecule has 1 rings (SSSR count). The smallest absolute Gasteiger partial charge is 0.319 e. The highest BCUT2D eigenvalue weighted by Gasteiger charge is 2.28. The number of likely N-dealkylation sites (tertiary alicyclic amines) is 1. The molecule has 1 heterocycles. The highest BCUT2D eigenvalue weighted by atomic mass is 16.4. The number of hydrogen-bond donors (Lipinski definition) is 1. The van der Waals surface area contributed by atoms with Gasteiger partial charge < -0.3 is 14.9 Å². The van der Waals surface area contributed by atoms with E-state index in [4.69, 9.17) is 5.11 Å². The number of aliphatic carboxylic acids is 1. The second kappa shape index (κ2) is 7.36. The van der Waals surface area contributed by atoms with Gasteiger partial charge in [-0.3, -0.25) is 4.79 Å². The van der Waals surface area contributed by atoms with Crippen molar-refractivity contribution in [2.24, 2.45) is 11.8 Å². The maximum Gasteiger partial charge on any atom is 0.319 e. The molecule has 0 aromatic carbocycles. The van der Waals surface area contributed by atoms with Gasteiger partial charge >= 0.3 is 12.0 Å². The van der Waals surface area contributed by atoms with Crippen molar-refractivity contribution in [3.05, 3.63) is 0 Å². The van der Waals surface area contributed by atoms with E-state index in [9.17, 15) is 9.59 Å². The highest BCUT2D eigenvalue weighted by Crippen LogP contribution is 2.22. The number of nitrogens with zero attached hydrogens (tertiary/aromatic N) is 2. The van der Waals surface area contributed by atoms with E-state index >= 15 is 0 Å². The van der Waals surface area contributed by atoms with E-state index in [1.54, 1.807) is 4.90 Å². The second-order valence-electron chi connectivity index (χ2n) is 5.71. The summed E-state index contributed by atoms with van der Waals surface area (Å²) in [7, 11) is 1.85. The van der Waals surface area contributed by atoms with Gasteiger partial charge in [0.2, 0.25) is 0 Å². The molecule has 2 unspecified atom stereocenters. The first-order valence-corrected chi connectivity index (χ1v) is 7.15. The predicted molar refractivity (Wildman–Crippen MR) is 74.0 cm³/mol. The van der Waals surface area contributed by atoms with Gasteiger partial charge in [-0.25, -0.2) is 4.79 Å². The van der Waals surface area contributed by atoms with E-state index in [-0.39, 0.29) is 12.5 Å². The molecule has 110 valence electrons. The van der Waals surface area contributed by atoms with Crippen molar-refractivity contribution in [2.75, 3.05) is 26.7 Å². The monoisotopic (exact) mass is 270 g/mol. The molecule has 0 bridgehead atoms. The van der Waals surface area contributed by atoms with Crippen molar-refractivity contribution >= 4 is 12.0 Å². The van der Waals surface area contributed by atoms with Gasteiger partial charge in [0.15, 0.2) is 0 Å². The van der Waals surface area contributed by atoms with E-state index in [0.717, 1.165) is 25.9 Å². The molecule has 19 heavy (non-hydrogen) atoms. The summed E-state index contributed by atoms with van der Waals surface area (Å²) >= 11 is 0. The van der Waals surface area contributed by atoms with Gasteiger partial charge in [-0.05, 0) is 24.7 Å². The molecular weight excluding hydrogens is 244 g/mol. The molecule has 5 nitrogen and oxygen atoms in total. The van der Waals surface area contributed by atoms with Crippen molar-refractivity contribution in [2.45, 2.75) is 39.5 Å². The van der Waals surface area contributed by atoms with E-state index < -0.39 is 5.97 Å². The lowest BCUT2D eigenvalue weighted by molar-refractivity contribution is -0.137. The lowest BCUT2D eigenvalue weighted by Crippen LogP contribution is -2.41. The molecule has 2 amide bonds. The van der Waals surface area contributed by atoms with Crippen LogP contribution in [0.1, 0.15) is 39.5 Å². The lowest BCUT2D eigenvalue weighted by atomic mass is 10.0. The third kappa shape index (κ3) is 5.09. The van der Waals surface area contributed by atoms with Gasteiger partial charge in [-0.15, -0.1) is 0 Å². The molecule has 1 fully saturated rings. The standard InChI is InChI=1S/C14H26N2O3/c1-4-11(2)9-15(3)14(19)16-8-7-12(10-16)5-6-13(17)18/h11-12H,4-10H2,1-3H3,(H,17,18). The van der Waals surface area contributed by atoms with Gasteiger partial charge in [0.25, 0.3) is 0 Å². The van der Waals surface area contributed by atoms with E-state index in [2.05, 4.69) is 13.8 Å². The quantitative estimate of drug-likeness (QED) is 0.805. The normalized spacial score (nSPS) is 20.4. The Morgan fingerprint density at radius 1 is 1.47 bits per heavy atom. The van der Waals surface area contributed by atoms with E-state index in [0.29, 0.717) is 24.8 Å². The zero-order valence-electron chi connectivity index (χ0n) is 12.3. The van der Waals surface area contributed by atoms with Crippen LogP contribution < -0.4 is 0 Å². The Hall–Kier alpha value is -1.26. The third-order valence-electron chi connectivity index (χ3n) is 3.93. The van der Waals surface area contributed by atoms with Gasteiger partial charge in [0.1, 0.15) is 0 Å². The molecule has 0 aromatic rings. The first-order valence-electron chi connectivity index (χ1n) is 7.15. The van der Waals surface area contributed by atoms with Gasteiger partial charge in [-0.2, -0.15) is 0 Å². The van der Waals surface area contributed by atoms with Crippen molar-refractivity contribution < 1.29 is 14.7 Å². The van der Waals surface area contributed by atoms with E-state index in [1.165, 1.54) is 0 Å². The Morgan fingerprint density at radius 3 is 2.74 bits per heavy atom. The number of hydrogen-bond acceptors (Lipinski definition) is 2. The average Bonchev–Trinajstić information content (AvgIpc) is 2.83. The van der Waals surface area contributed by atoms with Crippen LogP contribution in [0.3, 0.4) is 0 Å². The molecule has 1 saturated heterocycles. The summed E-state index contributed by atoms with van der Waals surface area (Å²) in [6, 6.07) is 0.0816. The second-order valence-corrected chi connectivity index (χ2v) is 5.71. The van der Waals surface area contributed by atoms with Crippen LogP contribution >= 0.6 is 0 Å². The SMILES string of the molecule is CCC(C)CN(C)C(=O)N1CCC(CCC(=O)O)C1. The third-order valence-corrected chi connectivity index (χ3v) is 3.93. The number of carboxylic acids is 1. The Balaban J connectivity index is 2.36. The Bertz CT molecular complexity index is 320. The van der Waals surface area contributed by atoms with Gasteiger partial charge in [0.05, 0.1) is 0 Å². The van der Waals surface area contributed by atoms with Crippen molar-refractivity contribution in [1.82, 2.24) is 9.80 Å². The van der Waals surface area contributed by atoms with Crippen molar-refractivity contribution in [3.8, 4) is 0 Å². The molecule has 1 aliphatic rings. The number of carbonyl (C=O) groups is 2. The van der Waals surface area contributed by atoms with Crippen LogP contribution in [0.15, 0.2) is 0 Å². The van der Waals surface area contributed by atoms with Gasteiger partial charge in [-0.1, -0.05) is 20.3 Å². The molecule has 0 saturated carbocycles. The summed E-state index contributed by atoms with van der Waals surface area (Å²) in [5, 5.41) is 8.67. The highest BCUT2D eigenvalue weighted by molar-refractivity contribution is 5.74. The minimum absolute atomic E-state index is 0.0816. The number of urea groups is 1. The Labute approximate surface area is 115 Å². The fourth-order valence-corrected chi connectivity index (χ4v) is 2.49. The zero-order chi connectivity index (χ0) is 14.4. The number of rotatable bonds is 6. The Kier molecular flexibility index (Phi) is 6.12. The number of carbonyl (C=O) groups excluding carboxylic acids is 1. The molecule has 0 radical (unpaired) electrons. The molecule has 1 N–H and O–H groups in total. The fourth-order valence-electron chi connectivity index (χ4n) is 2.49.